The van der Waals surface area contributed by atoms with Crippen molar-refractivity contribution in [3.8, 4) is 5.88 Å². The highest BCUT2D eigenvalue weighted by molar-refractivity contribution is 5.94. The van der Waals surface area contributed by atoms with E-state index in [1.807, 2.05) is 37.3 Å². The van der Waals surface area contributed by atoms with Crippen molar-refractivity contribution in [1.29, 1.82) is 0 Å². The quantitative estimate of drug-likeness (QED) is 0.738. The Morgan fingerprint density at radius 2 is 2.10 bits per heavy atom. The highest BCUT2D eigenvalue weighted by Gasteiger charge is 2.15. The fraction of sp³-hybridized carbons (Fsp3) is 0.133. The van der Waals surface area contributed by atoms with Crippen molar-refractivity contribution < 1.29 is 4.74 Å². The zero-order valence-electron chi connectivity index (χ0n) is 10.9. The summed E-state index contributed by atoms with van der Waals surface area (Å²) in [6.07, 6.45) is 1.67. The van der Waals surface area contributed by atoms with Crippen LogP contribution >= 0.6 is 0 Å². The molecule has 3 rings (SSSR count). The fourth-order valence-corrected chi connectivity index (χ4v) is 2.04. The van der Waals surface area contributed by atoms with Gasteiger partial charge in [0, 0.05) is 11.1 Å². The van der Waals surface area contributed by atoms with Crippen LogP contribution in [-0.4, -0.2) is 15.2 Å². The molecule has 0 aliphatic carbocycles. The standard InChI is InChI=1S/C15H12N4O/c1-10-12-8-17-19-13(12)14(16-2)15(18-10)20-9-11-6-4-3-5-7-11/h3-8H,9H2,1H3,(H,17,19). The molecular formula is C15H12N4O. The highest BCUT2D eigenvalue weighted by atomic mass is 16.5. The summed E-state index contributed by atoms with van der Waals surface area (Å²) in [5, 5.41) is 7.65. The van der Waals surface area contributed by atoms with Gasteiger partial charge >= 0.3 is 0 Å². The summed E-state index contributed by atoms with van der Waals surface area (Å²) in [6.45, 7) is 9.58. The Morgan fingerprint density at radius 1 is 1.30 bits per heavy atom. The second kappa shape index (κ2) is 5.02. The third kappa shape index (κ3) is 2.08. The SMILES string of the molecule is [C-]#[N+]c1c(OCc2ccccc2)nc(C)c2cn[nH]c12. The molecule has 0 atom stereocenters. The van der Waals surface area contributed by atoms with Crippen LogP contribution < -0.4 is 4.74 Å². The van der Waals surface area contributed by atoms with Gasteiger partial charge < -0.3 is 4.74 Å². The van der Waals surface area contributed by atoms with Gasteiger partial charge in [-0.15, -0.1) is 0 Å². The number of H-pyrrole nitrogens is 1. The Hall–Kier alpha value is -2.87. The largest absolute Gasteiger partial charge is 0.481 e. The Morgan fingerprint density at radius 3 is 2.85 bits per heavy atom. The van der Waals surface area contributed by atoms with E-state index >= 15 is 0 Å². The van der Waals surface area contributed by atoms with E-state index in [-0.39, 0.29) is 0 Å². The number of aromatic amines is 1. The van der Waals surface area contributed by atoms with Crippen molar-refractivity contribution in [3.63, 3.8) is 0 Å². The number of aromatic nitrogens is 3. The first-order valence-electron chi connectivity index (χ1n) is 6.17. The van der Waals surface area contributed by atoms with Crippen molar-refractivity contribution in [2.75, 3.05) is 0 Å². The molecule has 0 spiro atoms. The summed E-state index contributed by atoms with van der Waals surface area (Å²) in [5.74, 6) is 0.345. The normalized spacial score (nSPS) is 10.4. The molecule has 5 nitrogen and oxygen atoms in total. The zero-order valence-corrected chi connectivity index (χ0v) is 10.9. The maximum absolute atomic E-state index is 7.32. The van der Waals surface area contributed by atoms with Crippen LogP contribution in [0.5, 0.6) is 5.88 Å². The molecule has 0 fully saturated rings. The van der Waals surface area contributed by atoms with E-state index in [0.29, 0.717) is 23.7 Å². The highest BCUT2D eigenvalue weighted by Crippen LogP contribution is 2.34. The number of rotatable bonds is 3. The number of aryl methyl sites for hydroxylation is 1. The second-order valence-corrected chi connectivity index (χ2v) is 4.40. The Labute approximate surface area is 116 Å². The molecular weight excluding hydrogens is 252 g/mol. The Kier molecular flexibility index (Phi) is 3.05. The molecule has 0 bridgehead atoms. The van der Waals surface area contributed by atoms with Gasteiger partial charge in [-0.3, -0.25) is 5.10 Å². The van der Waals surface area contributed by atoms with Crippen LogP contribution in [0.15, 0.2) is 36.5 Å². The molecule has 1 N–H and O–H groups in total. The molecule has 20 heavy (non-hydrogen) atoms. The number of ether oxygens (including phenoxy) is 1. The minimum atomic E-state index is 0.345. The molecule has 1 aromatic carbocycles. The number of hydrogen-bond acceptors (Lipinski definition) is 3. The number of fused-ring (bicyclic) bond motifs is 1. The maximum atomic E-state index is 7.32. The van der Waals surface area contributed by atoms with Crippen molar-refractivity contribution in [3.05, 3.63) is 59.2 Å². The lowest BCUT2D eigenvalue weighted by Gasteiger charge is -2.09. The second-order valence-electron chi connectivity index (χ2n) is 4.40. The summed E-state index contributed by atoms with van der Waals surface area (Å²) in [6, 6.07) is 9.79. The predicted molar refractivity (Wildman–Crippen MR) is 75.7 cm³/mol. The predicted octanol–water partition coefficient (Wildman–Crippen LogP) is 3.40. The summed E-state index contributed by atoms with van der Waals surface area (Å²) in [7, 11) is 0. The molecule has 0 radical (unpaired) electrons. The van der Waals surface area contributed by atoms with E-state index in [2.05, 4.69) is 20.0 Å². The van der Waals surface area contributed by atoms with Crippen LogP contribution in [0.25, 0.3) is 15.7 Å². The molecule has 0 amide bonds. The third-order valence-electron chi connectivity index (χ3n) is 3.07. The monoisotopic (exact) mass is 264 g/mol. The van der Waals surface area contributed by atoms with Crippen molar-refractivity contribution in [2.24, 2.45) is 0 Å². The molecule has 98 valence electrons. The first kappa shape index (κ1) is 12.2. The van der Waals surface area contributed by atoms with Crippen molar-refractivity contribution in [2.45, 2.75) is 13.5 Å². The van der Waals surface area contributed by atoms with E-state index in [0.717, 1.165) is 16.6 Å². The summed E-state index contributed by atoms with van der Waals surface area (Å²) >= 11 is 0. The molecule has 2 aromatic heterocycles. The van der Waals surface area contributed by atoms with Gasteiger partial charge in [0.15, 0.2) is 0 Å². The number of benzene rings is 1. The molecule has 0 aliphatic rings. The lowest BCUT2D eigenvalue weighted by Crippen LogP contribution is -1.98. The fourth-order valence-electron chi connectivity index (χ4n) is 2.04. The Bertz CT molecular complexity index is 787. The lowest BCUT2D eigenvalue weighted by atomic mass is 10.2. The van der Waals surface area contributed by atoms with E-state index in [4.69, 9.17) is 11.3 Å². The van der Waals surface area contributed by atoms with Gasteiger partial charge in [0.05, 0.1) is 18.3 Å². The van der Waals surface area contributed by atoms with E-state index in [1.165, 1.54) is 0 Å². The van der Waals surface area contributed by atoms with Gasteiger partial charge in [-0.25, -0.2) is 9.83 Å². The van der Waals surface area contributed by atoms with Crippen LogP contribution in [-0.2, 0) is 6.61 Å². The van der Waals surface area contributed by atoms with Gasteiger partial charge in [0.2, 0.25) is 5.88 Å². The van der Waals surface area contributed by atoms with Crippen molar-refractivity contribution >= 4 is 16.6 Å². The molecule has 0 saturated heterocycles. The van der Waals surface area contributed by atoms with Crippen LogP contribution in [0, 0.1) is 13.5 Å². The number of pyridine rings is 1. The van der Waals surface area contributed by atoms with Gasteiger partial charge in [-0.2, -0.15) is 5.10 Å². The van der Waals surface area contributed by atoms with Crippen LogP contribution in [0.3, 0.4) is 0 Å². The molecule has 5 heteroatoms. The smallest absolute Gasteiger partial charge is 0.272 e. The summed E-state index contributed by atoms with van der Waals surface area (Å²) < 4.78 is 5.70. The van der Waals surface area contributed by atoms with Crippen LogP contribution in [0.4, 0.5) is 5.69 Å². The minimum Gasteiger partial charge on any atom is -0.481 e. The third-order valence-corrected chi connectivity index (χ3v) is 3.07. The topological polar surface area (TPSA) is 55.2 Å². The maximum Gasteiger partial charge on any atom is 0.272 e. The first-order chi connectivity index (χ1) is 9.79. The first-order valence-corrected chi connectivity index (χ1v) is 6.17. The van der Waals surface area contributed by atoms with Crippen LogP contribution in [0.1, 0.15) is 11.3 Å². The molecule has 3 aromatic rings. The van der Waals surface area contributed by atoms with E-state index in [9.17, 15) is 0 Å². The van der Waals surface area contributed by atoms with Gasteiger partial charge in [0.25, 0.3) is 5.69 Å². The van der Waals surface area contributed by atoms with E-state index in [1.54, 1.807) is 6.20 Å². The molecule has 0 unspecified atom stereocenters. The summed E-state index contributed by atoms with van der Waals surface area (Å²) in [4.78, 5) is 7.88. The van der Waals surface area contributed by atoms with Crippen LogP contribution in [0.2, 0.25) is 0 Å². The van der Waals surface area contributed by atoms with Crippen molar-refractivity contribution in [1.82, 2.24) is 15.2 Å². The average molecular weight is 264 g/mol. The molecule has 0 saturated carbocycles. The lowest BCUT2D eigenvalue weighted by molar-refractivity contribution is 0.296. The molecule has 2 heterocycles. The number of nitrogens with one attached hydrogen (secondary N) is 1. The van der Waals surface area contributed by atoms with Gasteiger partial charge in [-0.05, 0) is 12.5 Å². The summed E-state index contributed by atoms with van der Waals surface area (Å²) in [5.41, 5.74) is 2.88. The van der Waals surface area contributed by atoms with E-state index < -0.39 is 0 Å². The number of nitrogens with zero attached hydrogens (tertiary/aromatic N) is 3. The Balaban J connectivity index is 1.97. The number of hydrogen-bond donors (Lipinski definition) is 1. The average Bonchev–Trinajstić information content (AvgIpc) is 2.96. The van der Waals surface area contributed by atoms with Gasteiger partial charge in [-0.1, -0.05) is 30.3 Å². The van der Waals surface area contributed by atoms with Gasteiger partial charge in [0.1, 0.15) is 6.61 Å². The molecule has 0 aliphatic heterocycles. The minimum absolute atomic E-state index is 0.345. The zero-order chi connectivity index (χ0) is 13.9.